The number of aliphatic carboxylic acids is 1. The van der Waals surface area contributed by atoms with Gasteiger partial charge in [-0.15, -0.1) is 0 Å². The first-order chi connectivity index (χ1) is 25.2. The van der Waals surface area contributed by atoms with E-state index >= 15 is 0 Å². The van der Waals surface area contributed by atoms with Gasteiger partial charge in [0.2, 0.25) is 11.8 Å². The fourth-order valence-corrected chi connectivity index (χ4v) is 7.89. The van der Waals surface area contributed by atoms with Crippen molar-refractivity contribution >= 4 is 17.8 Å². The summed E-state index contributed by atoms with van der Waals surface area (Å²) in [6.45, 7) is 12.2. The lowest BCUT2D eigenvalue weighted by molar-refractivity contribution is -0.152. The van der Waals surface area contributed by atoms with Gasteiger partial charge in [-0.25, -0.2) is 0 Å². The lowest BCUT2D eigenvalue weighted by Gasteiger charge is -2.46. The smallest absolute Gasteiger partial charge is 0.305 e. The third-order valence-corrected chi connectivity index (χ3v) is 10.8. The van der Waals surface area contributed by atoms with Crippen molar-refractivity contribution < 1.29 is 24.2 Å². The van der Waals surface area contributed by atoms with E-state index in [1.807, 2.05) is 105 Å². The molecular weight excluding hydrogens is 661 g/mol. The topological polar surface area (TPSA) is 95.9 Å². The number of nitrogens with one attached hydrogen (secondary N) is 1. The molecule has 3 atom stereocenters. The maximum atomic E-state index is 14.6. The van der Waals surface area contributed by atoms with E-state index in [4.69, 9.17) is 4.74 Å². The fraction of sp³-hybridized carbons (Fsp3) is 0.413. The van der Waals surface area contributed by atoms with E-state index in [-0.39, 0.29) is 29.7 Å². The quantitative estimate of drug-likeness (QED) is 0.171. The number of carbonyl (C=O) groups is 3. The Labute approximate surface area is 314 Å². The van der Waals surface area contributed by atoms with Crippen molar-refractivity contribution in [3.8, 4) is 22.6 Å². The highest BCUT2D eigenvalue weighted by Crippen LogP contribution is 2.44. The van der Waals surface area contributed by atoms with E-state index in [0.717, 1.165) is 60.1 Å². The number of hydrogen-bond donors (Lipinski definition) is 2. The van der Waals surface area contributed by atoms with Gasteiger partial charge >= 0.3 is 5.97 Å². The fourth-order valence-electron chi connectivity index (χ4n) is 7.89. The SMILES string of the molecule is CC(C)(C)C(=O)N1C(C(=O)NC(CC(=O)O)c2ccc(-c3ccccc3)cc2)Cc2ccc(Oc3ccc(C(C)(C)C)cc3)cc2C1CC1CCCC1. The highest BCUT2D eigenvalue weighted by Gasteiger charge is 2.45. The normalized spacial score (nSPS) is 18.3. The van der Waals surface area contributed by atoms with Crippen LogP contribution in [0.5, 0.6) is 11.5 Å². The number of benzene rings is 4. The number of fused-ring (bicyclic) bond motifs is 1. The summed E-state index contributed by atoms with van der Waals surface area (Å²) < 4.78 is 6.40. The summed E-state index contributed by atoms with van der Waals surface area (Å²) in [5, 5.41) is 13.0. The minimum Gasteiger partial charge on any atom is -0.481 e. The molecule has 2 N–H and O–H groups in total. The Morgan fingerprint density at radius 3 is 2.04 bits per heavy atom. The van der Waals surface area contributed by atoms with Crippen LogP contribution in [0.15, 0.2) is 97.1 Å². The standard InChI is InChI=1S/C46H54N2O5/c1-45(2,3)35-21-24-36(25-22-35)53-37-23-20-34-27-41(48(44(52)46(4,5)6)40(38(34)28-37)26-30-12-10-11-13-30)43(51)47-39(29-42(49)50)33-18-16-32(17-19-33)31-14-8-7-9-15-31/h7-9,14-25,28,30,39-41H,10-13,26-27,29H2,1-6H3,(H,47,51)(H,49,50). The lowest BCUT2D eigenvalue weighted by atomic mass is 9.80. The van der Waals surface area contributed by atoms with Crippen LogP contribution in [-0.4, -0.2) is 33.8 Å². The first-order valence-electron chi connectivity index (χ1n) is 19.1. The molecule has 0 radical (unpaired) electrons. The third kappa shape index (κ3) is 9.01. The maximum Gasteiger partial charge on any atom is 0.305 e. The Morgan fingerprint density at radius 2 is 1.43 bits per heavy atom. The highest BCUT2D eigenvalue weighted by molar-refractivity contribution is 5.91. The molecule has 0 bridgehead atoms. The highest BCUT2D eigenvalue weighted by atomic mass is 16.5. The van der Waals surface area contributed by atoms with Crippen molar-refractivity contribution in [3.05, 3.63) is 119 Å². The number of amides is 2. The van der Waals surface area contributed by atoms with Crippen LogP contribution in [0.2, 0.25) is 0 Å². The summed E-state index contributed by atoms with van der Waals surface area (Å²) in [4.78, 5) is 43.1. The van der Waals surface area contributed by atoms with Gasteiger partial charge in [-0.3, -0.25) is 14.4 Å². The molecule has 278 valence electrons. The Bertz CT molecular complexity index is 1900. The average molecular weight is 715 g/mol. The second kappa shape index (κ2) is 15.6. The Morgan fingerprint density at radius 1 is 0.811 bits per heavy atom. The number of nitrogens with zero attached hydrogens (tertiary/aromatic N) is 1. The zero-order chi connectivity index (χ0) is 37.9. The van der Waals surface area contributed by atoms with Crippen LogP contribution in [0.3, 0.4) is 0 Å². The van der Waals surface area contributed by atoms with Crippen molar-refractivity contribution in [2.75, 3.05) is 0 Å². The summed E-state index contributed by atoms with van der Waals surface area (Å²) >= 11 is 0. The van der Waals surface area contributed by atoms with E-state index in [9.17, 15) is 19.5 Å². The van der Waals surface area contributed by atoms with Crippen molar-refractivity contribution in [1.29, 1.82) is 0 Å². The summed E-state index contributed by atoms with van der Waals surface area (Å²) in [5.74, 6) is 0.401. The van der Waals surface area contributed by atoms with Crippen molar-refractivity contribution in [1.82, 2.24) is 10.2 Å². The minimum atomic E-state index is -1.02. The molecule has 1 saturated carbocycles. The van der Waals surface area contributed by atoms with Gasteiger partial charge < -0.3 is 20.1 Å². The van der Waals surface area contributed by atoms with Gasteiger partial charge in [-0.1, -0.05) is 140 Å². The van der Waals surface area contributed by atoms with E-state index in [1.54, 1.807) is 0 Å². The maximum absolute atomic E-state index is 14.6. The van der Waals surface area contributed by atoms with Crippen molar-refractivity contribution in [2.24, 2.45) is 11.3 Å². The number of carboxylic acid groups (broad SMARTS) is 1. The number of rotatable bonds is 10. The zero-order valence-corrected chi connectivity index (χ0v) is 32.0. The van der Waals surface area contributed by atoms with Gasteiger partial charge in [-0.05, 0) is 75.4 Å². The van der Waals surface area contributed by atoms with Crippen molar-refractivity contribution in [2.45, 2.75) is 110 Å². The molecule has 6 rings (SSSR count). The van der Waals surface area contributed by atoms with E-state index in [1.165, 1.54) is 5.56 Å². The molecule has 7 nitrogen and oxygen atoms in total. The molecule has 1 aliphatic heterocycles. The Balaban J connectivity index is 1.34. The molecule has 4 aromatic carbocycles. The van der Waals surface area contributed by atoms with Crippen LogP contribution in [0.4, 0.5) is 0 Å². The molecule has 0 saturated heterocycles. The van der Waals surface area contributed by atoms with Crippen LogP contribution >= 0.6 is 0 Å². The molecule has 3 unspecified atom stereocenters. The monoisotopic (exact) mass is 714 g/mol. The van der Waals surface area contributed by atoms with Crippen LogP contribution in [0.25, 0.3) is 11.1 Å². The predicted octanol–water partition coefficient (Wildman–Crippen LogP) is 10.2. The molecule has 7 heteroatoms. The minimum absolute atomic E-state index is 0.0321. The van der Waals surface area contributed by atoms with Gasteiger partial charge in [0.15, 0.2) is 0 Å². The van der Waals surface area contributed by atoms with Gasteiger partial charge in [0.05, 0.1) is 18.5 Å². The third-order valence-electron chi connectivity index (χ3n) is 10.8. The molecule has 2 aliphatic rings. The van der Waals surface area contributed by atoms with Gasteiger partial charge in [0.1, 0.15) is 17.5 Å². The molecular formula is C46H54N2O5. The van der Waals surface area contributed by atoms with Crippen molar-refractivity contribution in [3.63, 3.8) is 0 Å². The molecule has 0 aromatic heterocycles. The lowest BCUT2D eigenvalue weighted by Crippen LogP contribution is -2.57. The second-order valence-electron chi connectivity index (χ2n) is 17.0. The second-order valence-corrected chi connectivity index (χ2v) is 17.0. The Kier molecular flexibility index (Phi) is 11.1. The van der Waals surface area contributed by atoms with E-state index < -0.39 is 23.5 Å². The summed E-state index contributed by atoms with van der Waals surface area (Å²) in [6.07, 6.45) is 5.30. The number of carbonyl (C=O) groups excluding carboxylic acids is 2. The predicted molar refractivity (Wildman–Crippen MR) is 210 cm³/mol. The zero-order valence-electron chi connectivity index (χ0n) is 32.0. The van der Waals surface area contributed by atoms with Crippen LogP contribution < -0.4 is 10.1 Å². The molecule has 4 aromatic rings. The summed E-state index contributed by atoms with van der Waals surface area (Å²) in [6, 6.07) is 29.9. The van der Waals surface area contributed by atoms with E-state index in [0.29, 0.717) is 23.7 Å². The number of hydrogen-bond acceptors (Lipinski definition) is 4. The van der Waals surface area contributed by atoms with Gasteiger partial charge in [0.25, 0.3) is 0 Å². The molecule has 53 heavy (non-hydrogen) atoms. The molecule has 1 fully saturated rings. The average Bonchev–Trinajstić information content (AvgIpc) is 3.64. The van der Waals surface area contributed by atoms with Gasteiger partial charge in [-0.2, -0.15) is 0 Å². The number of ether oxygens (including phenoxy) is 1. The largest absolute Gasteiger partial charge is 0.481 e. The Hall–Kier alpha value is -4.91. The first kappa shape index (κ1) is 37.8. The van der Waals surface area contributed by atoms with E-state index in [2.05, 4.69) is 44.3 Å². The molecule has 1 heterocycles. The van der Waals surface area contributed by atoms with Crippen LogP contribution in [0.1, 0.15) is 114 Å². The molecule has 1 aliphatic carbocycles. The van der Waals surface area contributed by atoms with Gasteiger partial charge in [0, 0.05) is 11.8 Å². The summed E-state index contributed by atoms with van der Waals surface area (Å²) in [7, 11) is 0. The molecule has 0 spiro atoms. The summed E-state index contributed by atoms with van der Waals surface area (Å²) in [5.41, 5.74) is 5.28. The van der Waals surface area contributed by atoms with Crippen LogP contribution in [0, 0.1) is 11.3 Å². The molecule has 2 amide bonds. The number of carboxylic acids is 1. The first-order valence-corrected chi connectivity index (χ1v) is 19.1. The van der Waals surface area contributed by atoms with Crippen LogP contribution in [-0.2, 0) is 26.2 Å².